The van der Waals surface area contributed by atoms with Crippen LogP contribution in [0.3, 0.4) is 0 Å². The number of hydrogen-bond acceptors (Lipinski definition) is 6. The molecule has 8 heteroatoms. The second-order valence-electron chi connectivity index (χ2n) is 6.54. The van der Waals surface area contributed by atoms with E-state index in [-0.39, 0.29) is 18.8 Å². The second kappa shape index (κ2) is 11.0. The molecule has 1 amide bonds. The highest BCUT2D eigenvalue weighted by Crippen LogP contribution is 2.38. The molecule has 0 bridgehead atoms. The van der Waals surface area contributed by atoms with Gasteiger partial charge in [-0.05, 0) is 30.2 Å². The zero-order valence-electron chi connectivity index (χ0n) is 17.6. The summed E-state index contributed by atoms with van der Waals surface area (Å²) in [6, 6.07) is 9.71. The van der Waals surface area contributed by atoms with E-state index in [9.17, 15) is 14.0 Å². The van der Waals surface area contributed by atoms with E-state index in [1.54, 1.807) is 30.3 Å². The maximum Gasteiger partial charge on any atom is 0.306 e. The monoisotopic (exact) mass is 419 g/mol. The van der Waals surface area contributed by atoms with Crippen LogP contribution in [0.2, 0.25) is 0 Å². The van der Waals surface area contributed by atoms with Gasteiger partial charge in [0.1, 0.15) is 5.82 Å². The summed E-state index contributed by atoms with van der Waals surface area (Å²) < 4.78 is 34.6. The first-order valence-corrected chi connectivity index (χ1v) is 9.31. The largest absolute Gasteiger partial charge is 0.493 e. The molecule has 0 aromatic heterocycles. The molecule has 0 saturated heterocycles. The number of halogens is 1. The van der Waals surface area contributed by atoms with Crippen molar-refractivity contribution in [1.82, 2.24) is 4.90 Å². The Labute approximate surface area is 175 Å². The third kappa shape index (κ3) is 6.10. The van der Waals surface area contributed by atoms with Crippen molar-refractivity contribution in [2.45, 2.75) is 19.4 Å². The summed E-state index contributed by atoms with van der Waals surface area (Å²) in [7, 11) is 6.06. The Hall–Kier alpha value is -3.29. The third-order valence-electron chi connectivity index (χ3n) is 4.49. The van der Waals surface area contributed by atoms with Gasteiger partial charge >= 0.3 is 5.97 Å². The number of aryl methyl sites for hydroxylation is 1. The Morgan fingerprint density at radius 3 is 2.20 bits per heavy atom. The van der Waals surface area contributed by atoms with Gasteiger partial charge in [0.15, 0.2) is 18.1 Å². The predicted octanol–water partition coefficient (Wildman–Crippen LogP) is 2.99. The van der Waals surface area contributed by atoms with E-state index < -0.39 is 18.5 Å². The Kier molecular flexibility index (Phi) is 8.46. The van der Waals surface area contributed by atoms with Crippen LogP contribution in [0.1, 0.15) is 17.5 Å². The van der Waals surface area contributed by atoms with Gasteiger partial charge in [-0.15, -0.1) is 0 Å². The Morgan fingerprint density at radius 2 is 1.63 bits per heavy atom. The number of esters is 1. The van der Waals surface area contributed by atoms with E-state index >= 15 is 0 Å². The van der Waals surface area contributed by atoms with E-state index in [1.165, 1.54) is 39.3 Å². The lowest BCUT2D eigenvalue weighted by atomic mass is 10.1. The quantitative estimate of drug-likeness (QED) is 0.551. The fraction of sp³-hybridized carbons (Fsp3) is 0.364. The summed E-state index contributed by atoms with van der Waals surface area (Å²) in [6.07, 6.45) is 0.442. The van der Waals surface area contributed by atoms with Crippen molar-refractivity contribution in [1.29, 1.82) is 0 Å². The Morgan fingerprint density at radius 1 is 1.00 bits per heavy atom. The van der Waals surface area contributed by atoms with Crippen molar-refractivity contribution >= 4 is 11.9 Å². The molecule has 0 N–H and O–H groups in total. The van der Waals surface area contributed by atoms with Gasteiger partial charge < -0.3 is 23.8 Å². The highest BCUT2D eigenvalue weighted by atomic mass is 19.1. The van der Waals surface area contributed by atoms with E-state index in [0.29, 0.717) is 29.2 Å². The zero-order valence-corrected chi connectivity index (χ0v) is 17.6. The molecular weight excluding hydrogens is 393 g/mol. The van der Waals surface area contributed by atoms with E-state index in [1.807, 2.05) is 0 Å². The number of likely N-dealkylation sites (N-methyl/N-ethyl adjacent to an activating group) is 1. The lowest BCUT2D eigenvalue weighted by molar-refractivity contribution is -0.151. The Balaban J connectivity index is 1.86. The van der Waals surface area contributed by atoms with Crippen molar-refractivity contribution in [2.75, 3.05) is 35.0 Å². The van der Waals surface area contributed by atoms with Gasteiger partial charge in [0, 0.05) is 25.6 Å². The predicted molar refractivity (Wildman–Crippen MR) is 108 cm³/mol. The van der Waals surface area contributed by atoms with Crippen molar-refractivity contribution in [3.8, 4) is 17.2 Å². The molecule has 0 aliphatic carbocycles. The first kappa shape index (κ1) is 23.0. The molecule has 0 radical (unpaired) electrons. The second-order valence-corrected chi connectivity index (χ2v) is 6.54. The van der Waals surface area contributed by atoms with Crippen LogP contribution in [-0.4, -0.2) is 51.8 Å². The number of nitrogens with zero attached hydrogens (tertiary/aromatic N) is 1. The number of rotatable bonds is 10. The molecule has 0 fully saturated rings. The van der Waals surface area contributed by atoms with E-state index in [2.05, 4.69) is 0 Å². The maximum atomic E-state index is 13.7. The SMILES string of the molecule is COc1cc(CCC(=O)OCC(=O)N(C)Cc2ccccc2F)cc(OC)c1OC. The molecule has 0 saturated carbocycles. The molecule has 2 aromatic rings. The molecule has 2 aromatic carbocycles. The van der Waals surface area contributed by atoms with E-state index in [4.69, 9.17) is 18.9 Å². The van der Waals surface area contributed by atoms with Crippen LogP contribution < -0.4 is 14.2 Å². The van der Waals surface area contributed by atoms with Crippen LogP contribution in [0.4, 0.5) is 4.39 Å². The van der Waals surface area contributed by atoms with Crippen LogP contribution in [0.5, 0.6) is 17.2 Å². The molecule has 0 heterocycles. The summed E-state index contributed by atoms with van der Waals surface area (Å²) in [5, 5.41) is 0. The average Bonchev–Trinajstić information content (AvgIpc) is 2.76. The summed E-state index contributed by atoms with van der Waals surface area (Å²) in [4.78, 5) is 25.5. The number of hydrogen-bond donors (Lipinski definition) is 0. The lowest BCUT2D eigenvalue weighted by Crippen LogP contribution is -2.31. The van der Waals surface area contributed by atoms with Gasteiger partial charge in [0.05, 0.1) is 21.3 Å². The summed E-state index contributed by atoms with van der Waals surface area (Å²) in [6.45, 7) is -0.312. The topological polar surface area (TPSA) is 74.3 Å². The molecule has 2 rings (SSSR count). The number of carbonyl (C=O) groups excluding carboxylic acids is 2. The number of amides is 1. The average molecular weight is 419 g/mol. The minimum atomic E-state index is -0.517. The van der Waals surface area contributed by atoms with Crippen molar-refractivity contribution in [3.05, 3.63) is 53.3 Å². The van der Waals surface area contributed by atoms with Crippen LogP contribution in [0.15, 0.2) is 36.4 Å². The summed E-state index contributed by atoms with van der Waals surface area (Å²) >= 11 is 0. The minimum absolute atomic E-state index is 0.0724. The van der Waals surface area contributed by atoms with Gasteiger partial charge in [-0.25, -0.2) is 4.39 Å². The van der Waals surface area contributed by atoms with E-state index in [0.717, 1.165) is 5.56 Å². The standard InChI is InChI=1S/C22H26FNO6/c1-24(13-16-7-5-6-8-17(16)23)20(25)14-30-21(26)10-9-15-11-18(27-2)22(29-4)19(12-15)28-3/h5-8,11-12H,9-10,13-14H2,1-4H3. The fourth-order valence-electron chi connectivity index (χ4n) is 2.82. The van der Waals surface area contributed by atoms with Gasteiger partial charge in [-0.3, -0.25) is 9.59 Å². The van der Waals surface area contributed by atoms with Crippen LogP contribution >= 0.6 is 0 Å². The number of ether oxygens (including phenoxy) is 4. The molecule has 0 unspecified atom stereocenters. The van der Waals surface area contributed by atoms with Crippen molar-refractivity contribution in [3.63, 3.8) is 0 Å². The highest BCUT2D eigenvalue weighted by molar-refractivity contribution is 5.80. The normalized spacial score (nSPS) is 10.3. The minimum Gasteiger partial charge on any atom is -0.493 e. The highest BCUT2D eigenvalue weighted by Gasteiger charge is 2.16. The smallest absolute Gasteiger partial charge is 0.306 e. The Bertz CT molecular complexity index is 861. The molecule has 0 atom stereocenters. The molecule has 0 spiro atoms. The summed E-state index contributed by atoms with van der Waals surface area (Å²) in [5.74, 6) is 0.125. The molecular formula is C22H26FNO6. The van der Waals surface area contributed by atoms with Crippen molar-refractivity contribution < 1.29 is 32.9 Å². The van der Waals surface area contributed by atoms with Crippen LogP contribution in [-0.2, 0) is 27.3 Å². The molecule has 0 aliphatic rings. The van der Waals surface area contributed by atoms with Crippen molar-refractivity contribution in [2.24, 2.45) is 0 Å². The number of methoxy groups -OCH3 is 3. The first-order valence-electron chi connectivity index (χ1n) is 9.31. The van der Waals surface area contributed by atoms with Gasteiger partial charge in [-0.1, -0.05) is 18.2 Å². The molecule has 7 nitrogen and oxygen atoms in total. The maximum absolute atomic E-state index is 13.7. The van der Waals surface area contributed by atoms with Gasteiger partial charge in [-0.2, -0.15) is 0 Å². The zero-order chi connectivity index (χ0) is 22.1. The summed E-state index contributed by atoms with van der Waals surface area (Å²) in [5.41, 5.74) is 1.19. The van der Waals surface area contributed by atoms with Crippen LogP contribution in [0.25, 0.3) is 0 Å². The number of carbonyl (C=O) groups is 2. The van der Waals surface area contributed by atoms with Gasteiger partial charge in [0.25, 0.3) is 5.91 Å². The first-order chi connectivity index (χ1) is 14.4. The molecule has 0 aliphatic heterocycles. The molecule has 162 valence electrons. The van der Waals surface area contributed by atoms with Gasteiger partial charge in [0.2, 0.25) is 5.75 Å². The lowest BCUT2D eigenvalue weighted by Gasteiger charge is -2.17. The number of benzene rings is 2. The van der Waals surface area contributed by atoms with Crippen LogP contribution in [0, 0.1) is 5.82 Å². The fourth-order valence-corrected chi connectivity index (χ4v) is 2.82. The molecule has 30 heavy (non-hydrogen) atoms. The third-order valence-corrected chi connectivity index (χ3v) is 4.49.